The molecule has 0 atom stereocenters. The molecule has 0 aromatic rings. The van der Waals surface area contributed by atoms with Crippen LogP contribution in [0.4, 0.5) is 0 Å². The Labute approximate surface area is 122 Å². The molecular weight excluding hydrogens is 276 g/mol. The van der Waals surface area contributed by atoms with Gasteiger partial charge >= 0.3 is 0 Å². The zero-order chi connectivity index (χ0) is 15.0. The van der Waals surface area contributed by atoms with Gasteiger partial charge in [0.15, 0.2) is 11.1 Å². The summed E-state index contributed by atoms with van der Waals surface area (Å²) >= 11 is 0.930. The van der Waals surface area contributed by atoms with Gasteiger partial charge in [-0.2, -0.15) is 10.3 Å². The Morgan fingerprint density at radius 1 is 1.35 bits per heavy atom. The van der Waals surface area contributed by atoms with Crippen molar-refractivity contribution >= 4 is 28.8 Å². The van der Waals surface area contributed by atoms with Crippen LogP contribution < -0.4 is 16.8 Å². The number of rotatable bonds is 3. The van der Waals surface area contributed by atoms with Crippen LogP contribution in [0, 0.1) is 16.7 Å². The van der Waals surface area contributed by atoms with E-state index in [-0.39, 0.29) is 22.8 Å². The maximum absolute atomic E-state index is 11.9. The van der Waals surface area contributed by atoms with Crippen molar-refractivity contribution < 1.29 is 4.79 Å². The Kier molecular flexibility index (Phi) is 6.31. The number of amides is 1. The number of thioether (sulfide) groups is 1. The summed E-state index contributed by atoms with van der Waals surface area (Å²) in [7, 11) is 0. The maximum atomic E-state index is 11.9. The number of hydrogen-bond acceptors (Lipinski definition) is 4. The summed E-state index contributed by atoms with van der Waals surface area (Å²) < 4.78 is 0. The zero-order valence-electron chi connectivity index (χ0n) is 11.3. The number of nitrogens with one attached hydrogen (secondary N) is 2. The molecule has 0 aliphatic heterocycles. The summed E-state index contributed by atoms with van der Waals surface area (Å²) in [6, 6.07) is 2.25. The van der Waals surface area contributed by atoms with Crippen LogP contribution in [0.2, 0.25) is 0 Å². The molecule has 1 saturated carbocycles. The van der Waals surface area contributed by atoms with E-state index in [0.717, 1.165) is 37.4 Å². The second-order valence-corrected chi connectivity index (χ2v) is 5.75. The van der Waals surface area contributed by atoms with E-state index in [1.165, 1.54) is 0 Å². The Bertz CT molecular complexity index is 430. The van der Waals surface area contributed by atoms with Crippen molar-refractivity contribution in [1.29, 1.82) is 10.7 Å². The smallest absolute Gasteiger partial charge is 0.231 e. The lowest BCUT2D eigenvalue weighted by atomic mass is 9.92. The summed E-state index contributed by atoms with van der Waals surface area (Å²) in [4.78, 5) is 15.4. The van der Waals surface area contributed by atoms with Gasteiger partial charge in [0.25, 0.3) is 0 Å². The Balaban J connectivity index is 2.49. The number of nitrogens with zero attached hydrogens (tertiary/aromatic N) is 2. The fourth-order valence-corrected chi connectivity index (χ4v) is 2.69. The molecule has 20 heavy (non-hydrogen) atoms. The lowest BCUT2D eigenvalue weighted by molar-refractivity contribution is -0.120. The third kappa shape index (κ3) is 5.48. The van der Waals surface area contributed by atoms with Crippen molar-refractivity contribution in [3.63, 3.8) is 0 Å². The molecule has 1 aliphatic carbocycles. The number of hydrogen-bond donors (Lipinski definition) is 4. The highest BCUT2D eigenvalue weighted by molar-refractivity contribution is 8.14. The number of amidine groups is 1. The molecule has 0 spiro atoms. The van der Waals surface area contributed by atoms with Crippen molar-refractivity contribution in [2.75, 3.05) is 5.75 Å². The van der Waals surface area contributed by atoms with E-state index in [0.29, 0.717) is 12.8 Å². The number of aliphatic imine (C=N–C) groups is 1. The average Bonchev–Trinajstić information content (AvgIpc) is 2.62. The first-order valence-corrected chi connectivity index (χ1v) is 7.49. The third-order valence-corrected chi connectivity index (χ3v) is 3.89. The highest BCUT2D eigenvalue weighted by Gasteiger charge is 2.32. The molecule has 8 heteroatoms. The summed E-state index contributed by atoms with van der Waals surface area (Å²) in [6.45, 7) is 0. The molecule has 1 fully saturated rings. The molecule has 0 aromatic heterocycles. The van der Waals surface area contributed by atoms with Crippen molar-refractivity contribution in [2.45, 2.75) is 44.1 Å². The van der Waals surface area contributed by atoms with Gasteiger partial charge in [-0.15, -0.1) is 0 Å². The summed E-state index contributed by atoms with van der Waals surface area (Å²) in [5, 5.41) is 19.5. The first kappa shape index (κ1) is 16.3. The highest BCUT2D eigenvalue weighted by atomic mass is 32.2. The predicted octanol–water partition coefficient (Wildman–Crippen LogP) is 0.661. The Hall–Kier alpha value is -1.75. The number of nitriles is 1. The van der Waals surface area contributed by atoms with Crippen LogP contribution in [0.25, 0.3) is 0 Å². The molecule has 0 unspecified atom stereocenters. The van der Waals surface area contributed by atoms with Gasteiger partial charge in [0.1, 0.15) is 5.54 Å². The molecule has 0 aromatic carbocycles. The van der Waals surface area contributed by atoms with E-state index in [9.17, 15) is 10.1 Å². The van der Waals surface area contributed by atoms with Crippen LogP contribution in [0.3, 0.4) is 0 Å². The van der Waals surface area contributed by atoms with E-state index >= 15 is 0 Å². The second kappa shape index (κ2) is 7.75. The summed E-state index contributed by atoms with van der Waals surface area (Å²) in [5.41, 5.74) is 9.52. The minimum Gasteiger partial charge on any atom is -0.370 e. The number of carbonyl (C=O) groups excluding carboxylic acids is 1. The third-order valence-electron chi connectivity index (χ3n) is 3.12. The van der Waals surface area contributed by atoms with Crippen LogP contribution >= 0.6 is 11.8 Å². The van der Waals surface area contributed by atoms with E-state index < -0.39 is 5.54 Å². The van der Waals surface area contributed by atoms with Gasteiger partial charge in [-0.1, -0.05) is 37.4 Å². The van der Waals surface area contributed by atoms with Crippen molar-refractivity contribution in [1.82, 2.24) is 5.32 Å². The second-order valence-electron chi connectivity index (χ2n) is 4.79. The van der Waals surface area contributed by atoms with Crippen molar-refractivity contribution in [3.05, 3.63) is 0 Å². The topological polar surface area (TPSA) is 141 Å². The van der Waals surface area contributed by atoms with Crippen LogP contribution in [0.5, 0.6) is 0 Å². The summed E-state index contributed by atoms with van der Waals surface area (Å²) in [6.07, 6.45) is 5.47. The molecule has 0 heterocycles. The van der Waals surface area contributed by atoms with E-state index in [4.69, 9.17) is 16.9 Å². The maximum Gasteiger partial charge on any atom is 0.231 e. The van der Waals surface area contributed by atoms with Gasteiger partial charge in [-0.05, 0) is 12.8 Å². The normalized spacial score (nSPS) is 17.4. The lowest BCUT2D eigenvalue weighted by Gasteiger charge is -2.26. The molecule has 1 aliphatic rings. The van der Waals surface area contributed by atoms with E-state index in [1.54, 1.807) is 0 Å². The fraction of sp³-hybridized carbons (Fsp3) is 0.667. The van der Waals surface area contributed by atoms with Crippen LogP contribution in [-0.4, -0.2) is 28.3 Å². The van der Waals surface area contributed by atoms with Crippen LogP contribution in [-0.2, 0) is 4.79 Å². The van der Waals surface area contributed by atoms with E-state index in [2.05, 4.69) is 16.4 Å². The molecule has 7 nitrogen and oxygen atoms in total. The van der Waals surface area contributed by atoms with Gasteiger partial charge in [0.05, 0.1) is 11.8 Å². The number of guanidine groups is 1. The Morgan fingerprint density at radius 2 is 1.95 bits per heavy atom. The molecule has 1 amide bonds. The van der Waals surface area contributed by atoms with Gasteiger partial charge < -0.3 is 16.8 Å². The molecule has 6 N–H and O–H groups in total. The minimum atomic E-state index is -0.757. The standard InChI is InChI=1S/C12H20N6OS/c13-8-12(5-3-1-2-4-6-12)18-9(19)7-20-11(16)17-10(14)15/h1-7H2,(H,18,19)(H5,14,15,16,17). The molecular formula is C12H20N6OS. The number of carbonyl (C=O) groups is 1. The average molecular weight is 296 g/mol. The lowest BCUT2D eigenvalue weighted by Crippen LogP contribution is -2.47. The molecule has 110 valence electrons. The first-order chi connectivity index (χ1) is 9.47. The molecule has 0 radical (unpaired) electrons. The minimum absolute atomic E-state index is 0.0268. The zero-order valence-corrected chi connectivity index (χ0v) is 12.1. The molecule has 0 bridgehead atoms. The summed E-state index contributed by atoms with van der Waals surface area (Å²) in [5.74, 6) is -0.451. The first-order valence-electron chi connectivity index (χ1n) is 6.51. The van der Waals surface area contributed by atoms with Crippen LogP contribution in [0.1, 0.15) is 38.5 Å². The highest BCUT2D eigenvalue weighted by Crippen LogP contribution is 2.26. The predicted molar refractivity (Wildman–Crippen MR) is 80.2 cm³/mol. The van der Waals surface area contributed by atoms with Crippen molar-refractivity contribution in [3.8, 4) is 6.07 Å². The Morgan fingerprint density at radius 3 is 2.45 bits per heavy atom. The monoisotopic (exact) mass is 296 g/mol. The van der Waals surface area contributed by atoms with Crippen molar-refractivity contribution in [2.24, 2.45) is 16.5 Å². The van der Waals surface area contributed by atoms with Crippen LogP contribution in [0.15, 0.2) is 4.99 Å². The molecule has 1 rings (SSSR count). The van der Waals surface area contributed by atoms with Gasteiger partial charge in [0.2, 0.25) is 5.91 Å². The largest absolute Gasteiger partial charge is 0.370 e. The fourth-order valence-electron chi connectivity index (χ4n) is 2.18. The molecule has 0 saturated heterocycles. The quantitative estimate of drug-likeness (QED) is 0.344. The SMILES string of the molecule is N#CC1(NC(=O)CSC(=N)N=C(N)N)CCCCCC1. The van der Waals surface area contributed by atoms with Gasteiger partial charge in [-0.3, -0.25) is 10.2 Å². The van der Waals surface area contributed by atoms with E-state index in [1.807, 2.05) is 0 Å². The van der Waals surface area contributed by atoms with Gasteiger partial charge in [0, 0.05) is 0 Å². The van der Waals surface area contributed by atoms with Gasteiger partial charge in [-0.25, -0.2) is 0 Å². The number of nitrogens with two attached hydrogens (primary N) is 2.